The highest BCUT2D eigenvalue weighted by Crippen LogP contribution is 2.35. The van der Waals surface area contributed by atoms with Gasteiger partial charge in [-0.1, -0.05) is 0 Å². The molecule has 1 fully saturated rings. The van der Waals surface area contributed by atoms with Crippen molar-refractivity contribution >= 4 is 31.9 Å². The molecule has 0 aromatic heterocycles. The second kappa shape index (κ2) is 7.78. The van der Waals surface area contributed by atoms with Gasteiger partial charge in [0.1, 0.15) is 12.4 Å². The zero-order valence-electron chi connectivity index (χ0n) is 11.7. The molecular formula is C15H21Br2NO2. The fraction of sp³-hybridized carbons (Fsp3) is 0.600. The molecule has 5 heteroatoms. The number of halogens is 2. The summed E-state index contributed by atoms with van der Waals surface area (Å²) in [6.07, 6.45) is 4.53. The van der Waals surface area contributed by atoms with Gasteiger partial charge < -0.3 is 15.2 Å². The van der Waals surface area contributed by atoms with E-state index in [0.29, 0.717) is 6.61 Å². The van der Waals surface area contributed by atoms with Gasteiger partial charge in [-0.15, -0.1) is 0 Å². The van der Waals surface area contributed by atoms with E-state index in [-0.39, 0.29) is 12.1 Å². The van der Waals surface area contributed by atoms with Crippen molar-refractivity contribution in [3.05, 3.63) is 26.6 Å². The molecule has 1 saturated heterocycles. The highest BCUT2D eigenvalue weighted by molar-refractivity contribution is 9.11. The largest absolute Gasteiger partial charge is 0.489 e. The van der Waals surface area contributed by atoms with Gasteiger partial charge in [0.2, 0.25) is 0 Å². The van der Waals surface area contributed by atoms with Gasteiger partial charge in [-0.05, 0) is 82.2 Å². The Labute approximate surface area is 137 Å². The van der Waals surface area contributed by atoms with E-state index in [1.165, 1.54) is 12.0 Å². The van der Waals surface area contributed by atoms with Crippen molar-refractivity contribution < 1.29 is 9.47 Å². The number of hydrogen-bond donors (Lipinski definition) is 1. The molecule has 1 aliphatic rings. The van der Waals surface area contributed by atoms with Crippen molar-refractivity contribution in [2.75, 3.05) is 13.2 Å². The molecule has 1 heterocycles. The van der Waals surface area contributed by atoms with E-state index in [4.69, 9.17) is 15.2 Å². The Morgan fingerprint density at radius 1 is 1.35 bits per heavy atom. The summed E-state index contributed by atoms with van der Waals surface area (Å²) in [5.74, 6) is 0.840. The molecular weight excluding hydrogens is 386 g/mol. The number of ether oxygens (including phenoxy) is 2. The third-order valence-corrected chi connectivity index (χ3v) is 4.48. The summed E-state index contributed by atoms with van der Waals surface area (Å²) >= 11 is 7.15. The van der Waals surface area contributed by atoms with Gasteiger partial charge in [-0.25, -0.2) is 0 Å². The van der Waals surface area contributed by atoms with Gasteiger partial charge in [0.15, 0.2) is 0 Å². The molecule has 2 atom stereocenters. The van der Waals surface area contributed by atoms with E-state index in [1.54, 1.807) is 0 Å². The molecule has 0 bridgehead atoms. The summed E-state index contributed by atoms with van der Waals surface area (Å²) in [5, 5.41) is 0. The summed E-state index contributed by atoms with van der Waals surface area (Å²) in [6.45, 7) is 3.46. The quantitative estimate of drug-likeness (QED) is 0.802. The lowest BCUT2D eigenvalue weighted by Crippen LogP contribution is -2.26. The third-order valence-electron chi connectivity index (χ3n) is 3.30. The van der Waals surface area contributed by atoms with Crippen molar-refractivity contribution in [1.82, 2.24) is 0 Å². The van der Waals surface area contributed by atoms with E-state index < -0.39 is 0 Å². The number of hydrogen-bond acceptors (Lipinski definition) is 3. The number of rotatable bonds is 5. The van der Waals surface area contributed by atoms with Crippen LogP contribution < -0.4 is 10.5 Å². The predicted molar refractivity (Wildman–Crippen MR) is 88.3 cm³/mol. The smallest absolute Gasteiger partial charge is 0.147 e. The Hall–Kier alpha value is -0.100. The monoisotopic (exact) mass is 405 g/mol. The van der Waals surface area contributed by atoms with E-state index >= 15 is 0 Å². The van der Waals surface area contributed by atoms with Crippen LogP contribution >= 0.6 is 31.9 Å². The van der Waals surface area contributed by atoms with Crippen LogP contribution in [0.4, 0.5) is 0 Å². The number of benzene rings is 1. The maximum Gasteiger partial charge on any atom is 0.147 e. The first kappa shape index (κ1) is 16.3. The van der Waals surface area contributed by atoms with E-state index in [9.17, 15) is 0 Å². The molecule has 1 aromatic carbocycles. The van der Waals surface area contributed by atoms with Crippen molar-refractivity contribution in [3.8, 4) is 5.75 Å². The van der Waals surface area contributed by atoms with Crippen LogP contribution in [0.5, 0.6) is 5.75 Å². The summed E-state index contributed by atoms with van der Waals surface area (Å²) in [7, 11) is 0. The van der Waals surface area contributed by atoms with Crippen LogP contribution in [0, 0.1) is 0 Å². The zero-order valence-corrected chi connectivity index (χ0v) is 14.9. The number of nitrogens with two attached hydrogens (primary N) is 1. The van der Waals surface area contributed by atoms with Crippen molar-refractivity contribution in [3.63, 3.8) is 0 Å². The molecule has 112 valence electrons. The first-order valence-corrected chi connectivity index (χ1v) is 8.62. The second-order valence-corrected chi connectivity index (χ2v) is 7.08. The summed E-state index contributed by atoms with van der Waals surface area (Å²) in [6, 6.07) is 4.30. The zero-order chi connectivity index (χ0) is 14.5. The standard InChI is InChI=1S/C15H21Br2NO2/c1-10(18)6-11-7-13(16)15(14(17)8-11)20-9-12-4-2-3-5-19-12/h7-8,10,12H,2-6,9,18H2,1H3. The molecule has 2 unspecified atom stereocenters. The molecule has 0 radical (unpaired) electrons. The minimum atomic E-state index is 0.149. The molecule has 0 amide bonds. The lowest BCUT2D eigenvalue weighted by molar-refractivity contribution is -0.0113. The average Bonchev–Trinajstić information content (AvgIpc) is 2.38. The molecule has 2 rings (SSSR count). The first-order valence-electron chi connectivity index (χ1n) is 7.04. The van der Waals surface area contributed by atoms with Crippen LogP contribution in [0.3, 0.4) is 0 Å². The summed E-state index contributed by atoms with van der Waals surface area (Å²) in [5.41, 5.74) is 7.03. The van der Waals surface area contributed by atoms with Crippen LogP contribution in [0.1, 0.15) is 31.7 Å². The SMILES string of the molecule is CC(N)Cc1cc(Br)c(OCC2CCCCO2)c(Br)c1. The molecule has 1 aliphatic heterocycles. The molecule has 2 N–H and O–H groups in total. The molecule has 0 saturated carbocycles. The highest BCUT2D eigenvalue weighted by atomic mass is 79.9. The van der Waals surface area contributed by atoms with Crippen LogP contribution in [0.15, 0.2) is 21.1 Å². The van der Waals surface area contributed by atoms with Crippen LogP contribution in [-0.4, -0.2) is 25.4 Å². The predicted octanol–water partition coefficient (Wildman–Crippen LogP) is 4.05. The normalized spacial score (nSPS) is 20.7. The van der Waals surface area contributed by atoms with Crippen molar-refractivity contribution in [2.24, 2.45) is 5.73 Å². The van der Waals surface area contributed by atoms with Gasteiger partial charge in [-0.2, -0.15) is 0 Å². The summed E-state index contributed by atoms with van der Waals surface area (Å²) < 4.78 is 13.5. The average molecular weight is 407 g/mol. The molecule has 20 heavy (non-hydrogen) atoms. The molecule has 0 aliphatic carbocycles. The second-order valence-electron chi connectivity index (χ2n) is 5.37. The van der Waals surface area contributed by atoms with Gasteiger partial charge >= 0.3 is 0 Å². The Morgan fingerprint density at radius 3 is 2.60 bits per heavy atom. The van der Waals surface area contributed by atoms with Crippen LogP contribution in [0.25, 0.3) is 0 Å². The van der Waals surface area contributed by atoms with E-state index in [0.717, 1.165) is 40.6 Å². The van der Waals surface area contributed by atoms with Gasteiger partial charge in [0.25, 0.3) is 0 Å². The Kier molecular flexibility index (Phi) is 6.33. The van der Waals surface area contributed by atoms with E-state index in [2.05, 4.69) is 44.0 Å². The highest BCUT2D eigenvalue weighted by Gasteiger charge is 2.16. The van der Waals surface area contributed by atoms with Gasteiger partial charge in [-0.3, -0.25) is 0 Å². The maximum atomic E-state index is 5.92. The fourth-order valence-corrected chi connectivity index (χ4v) is 3.87. The Balaban J connectivity index is 2.00. The minimum absolute atomic E-state index is 0.149. The summed E-state index contributed by atoms with van der Waals surface area (Å²) in [4.78, 5) is 0. The van der Waals surface area contributed by atoms with Gasteiger partial charge in [0.05, 0.1) is 15.0 Å². The fourth-order valence-electron chi connectivity index (χ4n) is 2.36. The molecule has 0 spiro atoms. The van der Waals surface area contributed by atoms with Crippen LogP contribution in [-0.2, 0) is 11.2 Å². The third kappa shape index (κ3) is 4.72. The Bertz CT molecular complexity index is 422. The van der Waals surface area contributed by atoms with Gasteiger partial charge in [0, 0.05) is 12.6 Å². The lowest BCUT2D eigenvalue weighted by atomic mass is 10.1. The first-order chi connectivity index (χ1) is 9.56. The van der Waals surface area contributed by atoms with Crippen molar-refractivity contribution in [1.29, 1.82) is 0 Å². The van der Waals surface area contributed by atoms with Crippen molar-refractivity contribution in [2.45, 2.75) is 44.8 Å². The molecule has 3 nitrogen and oxygen atoms in total. The van der Waals surface area contributed by atoms with E-state index in [1.807, 2.05) is 6.92 Å². The van der Waals surface area contributed by atoms with Crippen LogP contribution in [0.2, 0.25) is 0 Å². The topological polar surface area (TPSA) is 44.5 Å². The molecule has 1 aromatic rings. The maximum absolute atomic E-state index is 5.92. The Morgan fingerprint density at radius 2 is 2.05 bits per heavy atom. The minimum Gasteiger partial charge on any atom is -0.489 e. The lowest BCUT2D eigenvalue weighted by Gasteiger charge is -2.23.